The number of rotatable bonds is 14. The summed E-state index contributed by atoms with van der Waals surface area (Å²) in [7, 11) is -5.16. The van der Waals surface area contributed by atoms with Crippen molar-refractivity contribution in [3.63, 3.8) is 0 Å². The summed E-state index contributed by atoms with van der Waals surface area (Å²) in [5.74, 6) is 0.0359. The van der Waals surface area contributed by atoms with Gasteiger partial charge >= 0.3 is 6.09 Å². The van der Waals surface area contributed by atoms with Crippen LogP contribution in [-0.4, -0.2) is 68.3 Å². The molecule has 46 heavy (non-hydrogen) atoms. The van der Waals surface area contributed by atoms with E-state index in [9.17, 15) is 18.0 Å². The van der Waals surface area contributed by atoms with Crippen LogP contribution in [-0.2, 0) is 26.2 Å². The minimum absolute atomic E-state index is 0.00629. The van der Waals surface area contributed by atoms with Crippen LogP contribution in [0, 0.1) is 0 Å². The Labute approximate surface area is 276 Å². The van der Waals surface area contributed by atoms with Gasteiger partial charge in [-0.05, 0) is 57.7 Å². The summed E-state index contributed by atoms with van der Waals surface area (Å²) in [5, 5.41) is 6.65. The molecule has 0 radical (unpaired) electrons. The van der Waals surface area contributed by atoms with Gasteiger partial charge in [0.1, 0.15) is 6.73 Å². The fourth-order valence-corrected chi connectivity index (χ4v) is 8.34. The van der Waals surface area contributed by atoms with Crippen LogP contribution in [0.25, 0.3) is 10.4 Å². The van der Waals surface area contributed by atoms with E-state index in [1.165, 1.54) is 17.4 Å². The van der Waals surface area contributed by atoms with E-state index in [4.69, 9.17) is 9.47 Å². The Kier molecular flexibility index (Phi) is 12.2. The molecule has 1 aliphatic rings. The minimum atomic E-state index is -3.93. The van der Waals surface area contributed by atoms with E-state index in [0.717, 1.165) is 36.7 Å². The molecule has 0 unspecified atom stereocenters. The van der Waals surface area contributed by atoms with Crippen LogP contribution in [0.5, 0.6) is 0 Å². The largest absolute Gasteiger partial charge is 0.447 e. The molecule has 1 saturated carbocycles. The molecular weight excluding hydrogens is 645 g/mol. The summed E-state index contributed by atoms with van der Waals surface area (Å²) in [6, 6.07) is 5.74. The van der Waals surface area contributed by atoms with E-state index in [2.05, 4.69) is 45.0 Å². The van der Waals surface area contributed by atoms with Crippen LogP contribution >= 0.6 is 11.3 Å². The summed E-state index contributed by atoms with van der Waals surface area (Å²) in [6.07, 6.45) is 7.73. The van der Waals surface area contributed by atoms with Crippen LogP contribution in [0.3, 0.4) is 0 Å². The molecule has 3 N–H and O–H groups in total. The maximum Gasteiger partial charge on any atom is 0.407 e. The van der Waals surface area contributed by atoms with Crippen molar-refractivity contribution < 1.29 is 27.5 Å². The molecule has 0 saturated heterocycles. The first-order valence-corrected chi connectivity index (χ1v) is 21.7. The third-order valence-electron chi connectivity index (χ3n) is 7.57. The third kappa shape index (κ3) is 9.94. The molecular formula is C31H46N6O6S2Si. The van der Waals surface area contributed by atoms with E-state index < -0.39 is 30.1 Å². The summed E-state index contributed by atoms with van der Waals surface area (Å²) in [6.45, 7) is 13.3. The summed E-state index contributed by atoms with van der Waals surface area (Å²) >= 11 is 1.45. The maximum atomic E-state index is 13.4. The van der Waals surface area contributed by atoms with E-state index >= 15 is 0 Å². The average molecular weight is 691 g/mol. The van der Waals surface area contributed by atoms with Crippen molar-refractivity contribution >= 4 is 47.4 Å². The monoisotopic (exact) mass is 690 g/mol. The van der Waals surface area contributed by atoms with Crippen molar-refractivity contribution in [3.05, 3.63) is 47.4 Å². The highest BCUT2D eigenvalue weighted by molar-refractivity contribution is 7.89. The van der Waals surface area contributed by atoms with Crippen molar-refractivity contribution in [2.24, 2.45) is 0 Å². The zero-order chi connectivity index (χ0) is 33.5. The molecule has 252 valence electrons. The number of ether oxygens (including phenoxy) is 2. The highest BCUT2D eigenvalue weighted by Gasteiger charge is 2.28. The number of imidazole rings is 1. The number of benzene rings is 1. The number of sulfonamides is 1. The molecule has 12 nitrogen and oxygen atoms in total. The lowest BCUT2D eigenvalue weighted by Gasteiger charge is -2.28. The van der Waals surface area contributed by atoms with Crippen molar-refractivity contribution in [2.75, 3.05) is 18.5 Å². The molecule has 0 aliphatic heterocycles. The number of thiazole rings is 1. The van der Waals surface area contributed by atoms with E-state index in [-0.39, 0.29) is 41.8 Å². The molecule has 0 atom stereocenters. The van der Waals surface area contributed by atoms with Gasteiger partial charge in [-0.25, -0.2) is 27.9 Å². The second-order valence-corrected chi connectivity index (χ2v) is 21.4. The first-order valence-electron chi connectivity index (χ1n) is 15.7. The van der Waals surface area contributed by atoms with Crippen molar-refractivity contribution in [1.29, 1.82) is 0 Å². The lowest BCUT2D eigenvalue weighted by molar-refractivity contribution is 0.0879. The third-order valence-corrected chi connectivity index (χ3v) is 12.0. The predicted molar refractivity (Wildman–Crippen MR) is 182 cm³/mol. The predicted octanol–water partition coefficient (Wildman–Crippen LogP) is 6.03. The van der Waals surface area contributed by atoms with Gasteiger partial charge in [-0.1, -0.05) is 32.6 Å². The van der Waals surface area contributed by atoms with Gasteiger partial charge in [0.15, 0.2) is 0 Å². The Morgan fingerprint density at radius 1 is 1.13 bits per heavy atom. The summed E-state index contributed by atoms with van der Waals surface area (Å²) in [4.78, 5) is 34.9. The molecule has 1 aromatic carbocycles. The van der Waals surface area contributed by atoms with Gasteiger partial charge in [0.2, 0.25) is 16.0 Å². The Hall–Kier alpha value is -3.11. The normalized spacial score (nSPS) is 17.2. The number of amides is 2. The molecule has 1 fully saturated rings. The van der Waals surface area contributed by atoms with Crippen molar-refractivity contribution in [1.82, 2.24) is 24.6 Å². The molecule has 3 aromatic rings. The molecule has 2 amide bonds. The fourth-order valence-electron chi connectivity index (χ4n) is 5.11. The van der Waals surface area contributed by atoms with E-state index in [0.29, 0.717) is 23.0 Å². The molecule has 1 aliphatic carbocycles. The van der Waals surface area contributed by atoms with Gasteiger partial charge in [-0.15, -0.1) is 11.3 Å². The average Bonchev–Trinajstić information content (AvgIpc) is 3.64. The van der Waals surface area contributed by atoms with Crippen LogP contribution < -0.4 is 15.4 Å². The number of carbonyl (C=O) groups is 2. The van der Waals surface area contributed by atoms with Gasteiger partial charge in [0.25, 0.3) is 5.91 Å². The van der Waals surface area contributed by atoms with Crippen molar-refractivity contribution in [2.45, 2.75) is 102 Å². The van der Waals surface area contributed by atoms with Gasteiger partial charge in [-0.3, -0.25) is 14.7 Å². The quantitative estimate of drug-likeness (QED) is 0.137. The first-order chi connectivity index (χ1) is 21.8. The topological polar surface area (TPSA) is 154 Å². The number of nitrogens with one attached hydrogen (secondary N) is 3. The fraction of sp³-hybridized carbons (Fsp3) is 0.548. The standard InChI is InChI=1S/C31H46N6O6S2Si/c1-7-34-45(40,41)27-18-23(28(38)36-30-32-14-15-37(30)20-42-16-17-46(4,5)6)10-13-25(27)26-19-33-29(44-26)22-8-11-24(12-9-22)35-31(39)43-21(2)3/h10,13-15,18-19,21-22,24,34H,7-9,11-12,16-17,20H2,1-6H3,(H,35,39)(H,32,36,38)/t22-,24-. The lowest BCUT2D eigenvalue weighted by Crippen LogP contribution is -2.38. The van der Waals surface area contributed by atoms with Crippen molar-refractivity contribution in [3.8, 4) is 10.4 Å². The van der Waals surface area contributed by atoms with Gasteiger partial charge < -0.3 is 14.8 Å². The molecule has 2 heterocycles. The molecule has 2 aromatic heterocycles. The van der Waals surface area contributed by atoms with Gasteiger partial charge in [-0.2, -0.15) is 0 Å². The summed E-state index contributed by atoms with van der Waals surface area (Å²) in [5.41, 5.74) is 0.659. The minimum Gasteiger partial charge on any atom is -0.447 e. The number of nitrogens with zero attached hydrogens (tertiary/aromatic N) is 3. The Morgan fingerprint density at radius 2 is 1.87 bits per heavy atom. The number of anilines is 1. The second kappa shape index (κ2) is 15.7. The summed E-state index contributed by atoms with van der Waals surface area (Å²) < 4.78 is 42.0. The molecule has 0 bridgehead atoms. The van der Waals surface area contributed by atoms with Gasteiger partial charge in [0, 0.05) is 62.9 Å². The van der Waals surface area contributed by atoms with Crippen LogP contribution in [0.4, 0.5) is 10.7 Å². The van der Waals surface area contributed by atoms with E-state index in [1.54, 1.807) is 42.2 Å². The number of aromatic nitrogens is 3. The maximum absolute atomic E-state index is 13.4. The highest BCUT2D eigenvalue weighted by atomic mass is 32.2. The smallest absolute Gasteiger partial charge is 0.407 e. The van der Waals surface area contributed by atoms with Gasteiger partial charge in [0.05, 0.1) is 20.9 Å². The van der Waals surface area contributed by atoms with Crippen LogP contribution in [0.15, 0.2) is 41.7 Å². The Bertz CT molecular complexity index is 1590. The lowest BCUT2D eigenvalue weighted by atomic mass is 9.86. The number of alkyl carbamates (subject to hydrolysis) is 1. The van der Waals surface area contributed by atoms with Crippen LogP contribution in [0.2, 0.25) is 25.7 Å². The first kappa shape index (κ1) is 35.7. The number of carbonyl (C=O) groups excluding carboxylic acids is 2. The number of hydrogen-bond donors (Lipinski definition) is 3. The van der Waals surface area contributed by atoms with Crippen LogP contribution in [0.1, 0.15) is 67.7 Å². The highest BCUT2D eigenvalue weighted by Crippen LogP contribution is 2.39. The zero-order valence-electron chi connectivity index (χ0n) is 27.5. The Balaban J connectivity index is 1.48. The molecule has 4 rings (SSSR count). The molecule has 0 spiro atoms. The Morgan fingerprint density at radius 3 is 2.54 bits per heavy atom. The second-order valence-electron chi connectivity index (χ2n) is 12.9. The molecule has 15 heteroatoms. The SMILES string of the molecule is CCNS(=O)(=O)c1cc(C(=O)Nc2nccn2COCC[Si](C)(C)C)ccc1-c1cnc([C@H]2CC[C@H](NC(=O)OC(C)C)CC2)s1. The van der Waals surface area contributed by atoms with E-state index in [1.807, 2.05) is 13.8 Å². The zero-order valence-corrected chi connectivity index (χ0v) is 30.1. The number of hydrogen-bond acceptors (Lipinski definition) is 9.